The van der Waals surface area contributed by atoms with E-state index in [1.54, 1.807) is 7.11 Å². The van der Waals surface area contributed by atoms with Gasteiger partial charge in [-0.1, -0.05) is 23.7 Å². The molecule has 0 saturated heterocycles. The fraction of sp³-hybridized carbons (Fsp3) is 0.500. The van der Waals surface area contributed by atoms with Crippen molar-refractivity contribution >= 4 is 17.5 Å². The van der Waals surface area contributed by atoms with Crippen LogP contribution in [0.1, 0.15) is 24.8 Å². The normalized spacial score (nSPS) is 10.3. The zero-order chi connectivity index (χ0) is 13.2. The number of benzene rings is 1. The summed E-state index contributed by atoms with van der Waals surface area (Å²) in [6, 6.07) is 7.76. The van der Waals surface area contributed by atoms with Gasteiger partial charge in [-0.25, -0.2) is 0 Å². The van der Waals surface area contributed by atoms with Crippen molar-refractivity contribution in [1.29, 1.82) is 0 Å². The van der Waals surface area contributed by atoms with Gasteiger partial charge in [-0.15, -0.1) is 0 Å². The molecule has 0 aromatic heterocycles. The highest BCUT2D eigenvalue weighted by Crippen LogP contribution is 2.12. The van der Waals surface area contributed by atoms with Crippen molar-refractivity contribution in [3.8, 4) is 0 Å². The van der Waals surface area contributed by atoms with Crippen LogP contribution in [0, 0.1) is 0 Å². The van der Waals surface area contributed by atoms with Gasteiger partial charge in [0.1, 0.15) is 0 Å². The van der Waals surface area contributed by atoms with Gasteiger partial charge in [-0.2, -0.15) is 0 Å². The molecular weight excluding hydrogens is 250 g/mol. The van der Waals surface area contributed by atoms with E-state index in [1.165, 1.54) is 5.56 Å². The highest BCUT2D eigenvalue weighted by molar-refractivity contribution is 6.30. The Morgan fingerprint density at radius 3 is 2.94 bits per heavy atom. The maximum atomic E-state index is 11.5. The van der Waals surface area contributed by atoms with Crippen molar-refractivity contribution < 1.29 is 9.53 Å². The number of methoxy groups -OCH3 is 1. The van der Waals surface area contributed by atoms with Crippen molar-refractivity contribution in [2.75, 3.05) is 20.3 Å². The second-order valence-electron chi connectivity index (χ2n) is 4.18. The molecule has 0 aliphatic heterocycles. The van der Waals surface area contributed by atoms with Gasteiger partial charge in [-0.3, -0.25) is 4.79 Å². The van der Waals surface area contributed by atoms with Gasteiger partial charge in [-0.05, 0) is 37.0 Å². The molecule has 100 valence electrons. The molecular formula is C14H20ClNO2. The van der Waals surface area contributed by atoms with Crippen LogP contribution in [0.5, 0.6) is 0 Å². The monoisotopic (exact) mass is 269 g/mol. The van der Waals surface area contributed by atoms with Gasteiger partial charge in [0.15, 0.2) is 0 Å². The van der Waals surface area contributed by atoms with Crippen molar-refractivity contribution in [2.45, 2.75) is 25.7 Å². The van der Waals surface area contributed by atoms with Crippen molar-refractivity contribution in [3.63, 3.8) is 0 Å². The summed E-state index contributed by atoms with van der Waals surface area (Å²) < 4.78 is 4.91. The first-order valence-corrected chi connectivity index (χ1v) is 6.60. The van der Waals surface area contributed by atoms with E-state index in [2.05, 4.69) is 5.32 Å². The number of hydrogen-bond donors (Lipinski definition) is 1. The Kier molecular flexibility index (Phi) is 7.46. The van der Waals surface area contributed by atoms with Crippen LogP contribution in [0.15, 0.2) is 24.3 Å². The molecule has 0 aliphatic rings. The largest absolute Gasteiger partial charge is 0.385 e. The standard InChI is InChI=1S/C14H20ClNO2/c1-18-10-4-9-16-14(17)8-3-6-12-5-2-7-13(15)11-12/h2,5,7,11H,3-4,6,8-10H2,1H3,(H,16,17). The van der Waals surface area contributed by atoms with Crippen LogP contribution >= 0.6 is 11.6 Å². The van der Waals surface area contributed by atoms with Crippen LogP contribution in [-0.4, -0.2) is 26.2 Å². The first-order valence-electron chi connectivity index (χ1n) is 6.22. The molecule has 18 heavy (non-hydrogen) atoms. The molecule has 0 spiro atoms. The quantitative estimate of drug-likeness (QED) is 0.737. The smallest absolute Gasteiger partial charge is 0.220 e. The molecule has 0 unspecified atom stereocenters. The molecule has 0 aliphatic carbocycles. The number of nitrogens with one attached hydrogen (secondary N) is 1. The third kappa shape index (κ3) is 6.62. The van der Waals surface area contributed by atoms with E-state index < -0.39 is 0 Å². The van der Waals surface area contributed by atoms with Crippen molar-refractivity contribution in [3.05, 3.63) is 34.9 Å². The molecule has 4 heteroatoms. The summed E-state index contributed by atoms with van der Waals surface area (Å²) in [5, 5.41) is 3.62. The Bertz CT molecular complexity index is 369. The van der Waals surface area contributed by atoms with Gasteiger partial charge in [0.05, 0.1) is 0 Å². The fourth-order valence-electron chi connectivity index (χ4n) is 1.68. The van der Waals surface area contributed by atoms with Crippen molar-refractivity contribution in [2.24, 2.45) is 0 Å². The average molecular weight is 270 g/mol. The lowest BCUT2D eigenvalue weighted by Crippen LogP contribution is -2.24. The molecule has 0 saturated carbocycles. The summed E-state index contributed by atoms with van der Waals surface area (Å²) in [6.07, 6.45) is 3.14. The molecule has 1 aromatic carbocycles. The van der Waals surface area contributed by atoms with Gasteiger partial charge in [0.25, 0.3) is 0 Å². The highest BCUT2D eigenvalue weighted by atomic mass is 35.5. The number of carbonyl (C=O) groups is 1. The summed E-state index contributed by atoms with van der Waals surface area (Å²) in [4.78, 5) is 11.5. The molecule has 0 fully saturated rings. The van der Waals surface area contributed by atoms with Crippen LogP contribution in [0.4, 0.5) is 0 Å². The minimum Gasteiger partial charge on any atom is -0.385 e. The van der Waals surface area contributed by atoms with Gasteiger partial charge in [0, 0.05) is 31.7 Å². The Morgan fingerprint density at radius 2 is 2.22 bits per heavy atom. The van der Waals surface area contributed by atoms with Crippen LogP contribution in [0.2, 0.25) is 5.02 Å². The van der Waals surface area contributed by atoms with E-state index in [0.29, 0.717) is 19.6 Å². The number of rotatable bonds is 8. The second-order valence-corrected chi connectivity index (χ2v) is 4.62. The van der Waals surface area contributed by atoms with E-state index in [0.717, 1.165) is 24.3 Å². The van der Waals surface area contributed by atoms with Crippen LogP contribution in [0.3, 0.4) is 0 Å². The molecule has 0 radical (unpaired) electrons. The van der Waals surface area contributed by atoms with Crippen LogP contribution in [0.25, 0.3) is 0 Å². The van der Waals surface area contributed by atoms with E-state index in [-0.39, 0.29) is 5.91 Å². The Labute approximate surface area is 113 Å². The molecule has 1 N–H and O–H groups in total. The van der Waals surface area contributed by atoms with E-state index >= 15 is 0 Å². The zero-order valence-electron chi connectivity index (χ0n) is 10.7. The molecule has 0 atom stereocenters. The summed E-state index contributed by atoms with van der Waals surface area (Å²) in [6.45, 7) is 1.37. The number of aryl methyl sites for hydroxylation is 1. The summed E-state index contributed by atoms with van der Waals surface area (Å²) in [7, 11) is 1.66. The Hall–Kier alpha value is -1.06. The van der Waals surface area contributed by atoms with Gasteiger partial charge >= 0.3 is 0 Å². The van der Waals surface area contributed by atoms with Crippen LogP contribution in [-0.2, 0) is 16.0 Å². The molecule has 0 bridgehead atoms. The third-order valence-corrected chi connectivity index (χ3v) is 2.84. The zero-order valence-corrected chi connectivity index (χ0v) is 11.5. The van der Waals surface area contributed by atoms with Crippen LogP contribution < -0.4 is 5.32 Å². The lowest BCUT2D eigenvalue weighted by molar-refractivity contribution is -0.121. The molecule has 1 aromatic rings. The summed E-state index contributed by atoms with van der Waals surface area (Å²) >= 11 is 5.89. The number of halogens is 1. The Morgan fingerprint density at radius 1 is 1.39 bits per heavy atom. The molecule has 0 heterocycles. The number of hydrogen-bond acceptors (Lipinski definition) is 2. The number of amides is 1. The molecule has 1 rings (SSSR count). The second kappa shape index (κ2) is 8.95. The minimum absolute atomic E-state index is 0.105. The predicted molar refractivity (Wildman–Crippen MR) is 73.9 cm³/mol. The number of carbonyl (C=O) groups excluding carboxylic acids is 1. The SMILES string of the molecule is COCCCNC(=O)CCCc1cccc(Cl)c1. The van der Waals surface area contributed by atoms with E-state index in [4.69, 9.17) is 16.3 Å². The van der Waals surface area contributed by atoms with E-state index in [1.807, 2.05) is 24.3 Å². The Balaban J connectivity index is 2.12. The maximum Gasteiger partial charge on any atom is 0.220 e. The first-order chi connectivity index (χ1) is 8.72. The fourth-order valence-corrected chi connectivity index (χ4v) is 1.89. The first kappa shape index (κ1) is 15.0. The molecule has 1 amide bonds. The topological polar surface area (TPSA) is 38.3 Å². The number of ether oxygens (including phenoxy) is 1. The van der Waals surface area contributed by atoms with E-state index in [9.17, 15) is 4.79 Å². The van der Waals surface area contributed by atoms with Crippen molar-refractivity contribution in [1.82, 2.24) is 5.32 Å². The summed E-state index contributed by atoms with van der Waals surface area (Å²) in [5.74, 6) is 0.105. The summed E-state index contributed by atoms with van der Waals surface area (Å²) in [5.41, 5.74) is 1.18. The average Bonchev–Trinajstić information content (AvgIpc) is 2.35. The molecule has 3 nitrogen and oxygen atoms in total. The lowest BCUT2D eigenvalue weighted by Gasteiger charge is -2.05. The maximum absolute atomic E-state index is 11.5. The minimum atomic E-state index is 0.105. The highest BCUT2D eigenvalue weighted by Gasteiger charge is 2.01. The van der Waals surface area contributed by atoms with Gasteiger partial charge < -0.3 is 10.1 Å². The van der Waals surface area contributed by atoms with Gasteiger partial charge in [0.2, 0.25) is 5.91 Å². The predicted octanol–water partition coefficient (Wildman–Crippen LogP) is 2.82. The lowest BCUT2D eigenvalue weighted by atomic mass is 10.1. The third-order valence-electron chi connectivity index (χ3n) is 2.61.